The molecule has 2 aromatic carbocycles. The molecule has 3 aromatic rings. The minimum absolute atomic E-state index is 0.0892. The molecule has 2 aliphatic rings. The van der Waals surface area contributed by atoms with Crippen molar-refractivity contribution in [3.05, 3.63) is 46.8 Å². The summed E-state index contributed by atoms with van der Waals surface area (Å²) < 4.78 is 29.2. The van der Waals surface area contributed by atoms with E-state index in [-0.39, 0.29) is 13.3 Å². The number of rotatable bonds is 4. The van der Waals surface area contributed by atoms with Crippen LogP contribution in [0.15, 0.2) is 41.4 Å². The SMILES string of the molecule is COC(=O)Cn1c(=NC(=O)/C=C\c2ccc3c(c2)OCO3)sc2cc3c(cc21)OCCO3. The van der Waals surface area contributed by atoms with E-state index >= 15 is 0 Å². The lowest BCUT2D eigenvalue weighted by molar-refractivity contribution is -0.141. The molecular weight excluding hydrogens is 436 g/mol. The van der Waals surface area contributed by atoms with Gasteiger partial charge in [-0.3, -0.25) is 9.59 Å². The van der Waals surface area contributed by atoms with Gasteiger partial charge in [0.2, 0.25) is 6.79 Å². The van der Waals surface area contributed by atoms with E-state index in [0.29, 0.717) is 46.5 Å². The Hall–Kier alpha value is -3.79. The summed E-state index contributed by atoms with van der Waals surface area (Å²) in [6, 6.07) is 9.00. The van der Waals surface area contributed by atoms with Crippen LogP contribution in [0.1, 0.15) is 5.56 Å². The van der Waals surface area contributed by atoms with Crippen molar-refractivity contribution in [2.45, 2.75) is 6.54 Å². The Morgan fingerprint density at radius 3 is 2.62 bits per heavy atom. The quantitative estimate of drug-likeness (QED) is 0.441. The Morgan fingerprint density at radius 1 is 1.06 bits per heavy atom. The van der Waals surface area contributed by atoms with Crippen LogP contribution in [0, 0.1) is 0 Å². The summed E-state index contributed by atoms with van der Waals surface area (Å²) >= 11 is 1.28. The molecule has 1 aromatic heterocycles. The molecule has 0 unspecified atom stereocenters. The first-order valence-electron chi connectivity index (χ1n) is 9.77. The molecule has 9 nitrogen and oxygen atoms in total. The highest BCUT2D eigenvalue weighted by atomic mass is 32.1. The van der Waals surface area contributed by atoms with Gasteiger partial charge in [0, 0.05) is 18.2 Å². The van der Waals surface area contributed by atoms with E-state index in [2.05, 4.69) is 4.99 Å². The number of carbonyl (C=O) groups excluding carboxylic acids is 2. The van der Waals surface area contributed by atoms with Gasteiger partial charge in [-0.1, -0.05) is 17.4 Å². The molecular formula is C22H18N2O7S. The summed E-state index contributed by atoms with van der Waals surface area (Å²) in [5.41, 5.74) is 1.48. The van der Waals surface area contributed by atoms with Gasteiger partial charge in [0.15, 0.2) is 27.8 Å². The lowest BCUT2D eigenvalue weighted by Crippen LogP contribution is -2.22. The summed E-state index contributed by atoms with van der Waals surface area (Å²) in [5.74, 6) is 1.58. The average molecular weight is 454 g/mol. The number of carbonyl (C=O) groups is 2. The zero-order chi connectivity index (χ0) is 22.1. The number of esters is 1. The molecule has 164 valence electrons. The molecule has 0 bridgehead atoms. The second kappa shape index (κ2) is 8.39. The Labute approximate surface area is 186 Å². The van der Waals surface area contributed by atoms with Crippen LogP contribution >= 0.6 is 11.3 Å². The summed E-state index contributed by atoms with van der Waals surface area (Å²) in [6.07, 6.45) is 3.01. The van der Waals surface area contributed by atoms with E-state index in [1.54, 1.807) is 28.8 Å². The molecule has 0 N–H and O–H groups in total. The highest BCUT2D eigenvalue weighted by molar-refractivity contribution is 7.16. The van der Waals surface area contributed by atoms with Crippen molar-refractivity contribution in [1.82, 2.24) is 4.57 Å². The molecule has 0 fully saturated rings. The first kappa shape index (κ1) is 20.1. The Bertz CT molecular complexity index is 1320. The molecule has 0 aliphatic carbocycles. The monoisotopic (exact) mass is 454 g/mol. The number of fused-ring (bicyclic) bond motifs is 3. The van der Waals surface area contributed by atoms with Crippen molar-refractivity contribution in [3.8, 4) is 23.0 Å². The van der Waals surface area contributed by atoms with Crippen molar-refractivity contribution in [2.75, 3.05) is 27.1 Å². The minimum Gasteiger partial charge on any atom is -0.486 e. The first-order valence-corrected chi connectivity index (χ1v) is 10.6. The van der Waals surface area contributed by atoms with E-state index in [1.807, 2.05) is 12.1 Å². The normalized spacial score (nSPS) is 14.8. The molecule has 0 radical (unpaired) electrons. The molecule has 5 rings (SSSR count). The molecule has 0 atom stereocenters. The van der Waals surface area contributed by atoms with Crippen LogP contribution in [0.25, 0.3) is 16.3 Å². The zero-order valence-corrected chi connectivity index (χ0v) is 17.8. The van der Waals surface area contributed by atoms with E-state index in [1.165, 1.54) is 24.5 Å². The van der Waals surface area contributed by atoms with Crippen molar-refractivity contribution in [3.63, 3.8) is 0 Å². The highest BCUT2D eigenvalue weighted by Gasteiger charge is 2.18. The summed E-state index contributed by atoms with van der Waals surface area (Å²) in [6.45, 7) is 1.00. The second-order valence-corrected chi connectivity index (χ2v) is 7.92. The van der Waals surface area contributed by atoms with Gasteiger partial charge in [0.25, 0.3) is 5.91 Å². The second-order valence-electron chi connectivity index (χ2n) is 6.91. The standard InChI is InChI=1S/C22H18N2O7S/c1-27-21(26)11-24-14-9-17-18(29-7-6-28-17)10-19(14)32-22(24)23-20(25)5-3-13-2-4-15-16(8-13)31-12-30-15/h2-5,8-10H,6-7,11-12H2,1H3/b5-3-,23-22?. The van der Waals surface area contributed by atoms with Crippen molar-refractivity contribution < 1.29 is 33.3 Å². The van der Waals surface area contributed by atoms with Crippen molar-refractivity contribution in [2.24, 2.45) is 4.99 Å². The largest absolute Gasteiger partial charge is 0.486 e. The van der Waals surface area contributed by atoms with Crippen LogP contribution < -0.4 is 23.7 Å². The lowest BCUT2D eigenvalue weighted by Gasteiger charge is -2.18. The highest BCUT2D eigenvalue weighted by Crippen LogP contribution is 2.36. The summed E-state index contributed by atoms with van der Waals surface area (Å²) in [4.78, 5) is 29.2. The molecule has 0 saturated carbocycles. The van der Waals surface area contributed by atoms with Gasteiger partial charge in [0.05, 0.1) is 17.3 Å². The molecule has 0 spiro atoms. The Balaban J connectivity index is 1.50. The topological polar surface area (TPSA) is 97.6 Å². The number of ether oxygens (including phenoxy) is 5. The maximum Gasteiger partial charge on any atom is 0.325 e. The third-order valence-corrected chi connectivity index (χ3v) is 5.92. The smallest absolute Gasteiger partial charge is 0.325 e. The van der Waals surface area contributed by atoms with Crippen LogP contribution in [0.3, 0.4) is 0 Å². The fourth-order valence-electron chi connectivity index (χ4n) is 3.35. The maximum absolute atomic E-state index is 12.6. The number of methoxy groups -OCH3 is 1. The lowest BCUT2D eigenvalue weighted by atomic mass is 10.2. The maximum atomic E-state index is 12.6. The van der Waals surface area contributed by atoms with E-state index < -0.39 is 11.9 Å². The van der Waals surface area contributed by atoms with Gasteiger partial charge in [0.1, 0.15) is 19.8 Å². The van der Waals surface area contributed by atoms with Gasteiger partial charge < -0.3 is 28.3 Å². The molecule has 1 amide bonds. The van der Waals surface area contributed by atoms with E-state index in [0.717, 1.165) is 10.3 Å². The number of nitrogens with zero attached hydrogens (tertiary/aromatic N) is 2. The third-order valence-electron chi connectivity index (χ3n) is 4.88. The van der Waals surface area contributed by atoms with Crippen LogP contribution in [0.5, 0.6) is 23.0 Å². The molecule has 10 heteroatoms. The summed E-state index contributed by atoms with van der Waals surface area (Å²) in [7, 11) is 1.31. The van der Waals surface area contributed by atoms with Crippen molar-refractivity contribution >= 4 is 39.5 Å². The number of benzene rings is 2. The van der Waals surface area contributed by atoms with Crippen LogP contribution in [0.4, 0.5) is 0 Å². The van der Waals surface area contributed by atoms with Gasteiger partial charge in [-0.25, -0.2) is 0 Å². The van der Waals surface area contributed by atoms with Gasteiger partial charge in [-0.05, 0) is 23.8 Å². The average Bonchev–Trinajstić information content (AvgIpc) is 3.40. The number of thiazole rings is 1. The number of amides is 1. The van der Waals surface area contributed by atoms with E-state index in [4.69, 9.17) is 23.7 Å². The van der Waals surface area contributed by atoms with Crippen LogP contribution in [0.2, 0.25) is 0 Å². The molecule has 2 aliphatic heterocycles. The third kappa shape index (κ3) is 3.92. The van der Waals surface area contributed by atoms with Crippen molar-refractivity contribution in [1.29, 1.82) is 0 Å². The Morgan fingerprint density at radius 2 is 1.81 bits per heavy atom. The molecule has 32 heavy (non-hydrogen) atoms. The van der Waals surface area contributed by atoms with E-state index in [9.17, 15) is 9.59 Å². The predicted octanol–water partition coefficient (Wildman–Crippen LogP) is 2.52. The molecule has 3 heterocycles. The fourth-order valence-corrected chi connectivity index (χ4v) is 4.40. The minimum atomic E-state index is -0.467. The van der Waals surface area contributed by atoms with Gasteiger partial charge >= 0.3 is 5.97 Å². The van der Waals surface area contributed by atoms with Crippen LogP contribution in [-0.2, 0) is 20.9 Å². The fraction of sp³-hybridized carbons (Fsp3) is 0.227. The van der Waals surface area contributed by atoms with Crippen LogP contribution in [-0.4, -0.2) is 43.6 Å². The predicted molar refractivity (Wildman–Crippen MR) is 115 cm³/mol. The zero-order valence-electron chi connectivity index (χ0n) is 17.0. The number of hydrogen-bond donors (Lipinski definition) is 0. The number of aromatic nitrogens is 1. The first-order chi connectivity index (χ1) is 15.6. The Kier molecular flexibility index (Phi) is 5.28. The summed E-state index contributed by atoms with van der Waals surface area (Å²) in [5, 5.41) is 0. The van der Waals surface area contributed by atoms with Gasteiger partial charge in [-0.2, -0.15) is 4.99 Å². The molecule has 0 saturated heterocycles. The number of hydrogen-bond acceptors (Lipinski definition) is 8. The van der Waals surface area contributed by atoms with Gasteiger partial charge in [-0.15, -0.1) is 0 Å².